The van der Waals surface area contributed by atoms with Crippen molar-refractivity contribution in [2.75, 3.05) is 6.61 Å². The molecule has 0 saturated carbocycles. The molecule has 3 nitrogen and oxygen atoms in total. The van der Waals surface area contributed by atoms with Crippen molar-refractivity contribution in [1.82, 2.24) is 0 Å². The predicted molar refractivity (Wildman–Crippen MR) is 57.2 cm³/mol. The largest absolute Gasteiger partial charge is 0.488 e. The van der Waals surface area contributed by atoms with Gasteiger partial charge in [-0.1, -0.05) is 11.6 Å². The summed E-state index contributed by atoms with van der Waals surface area (Å²) in [6, 6.07) is 5.19. The van der Waals surface area contributed by atoms with Crippen molar-refractivity contribution in [3.05, 3.63) is 34.4 Å². The molecule has 1 aliphatic rings. The number of ether oxygens (including phenoxy) is 1. The van der Waals surface area contributed by atoms with Gasteiger partial charge in [0, 0.05) is 10.6 Å². The summed E-state index contributed by atoms with van der Waals surface area (Å²) in [6.45, 7) is 1.87. The van der Waals surface area contributed by atoms with Crippen LogP contribution in [0, 0.1) is 0 Å². The Morgan fingerprint density at radius 2 is 2.27 bits per heavy atom. The molecule has 0 radical (unpaired) electrons. The maximum Gasteiger partial charge on any atom is 0.335 e. The first-order valence-corrected chi connectivity index (χ1v) is 4.83. The van der Waals surface area contributed by atoms with Gasteiger partial charge in [0.1, 0.15) is 12.4 Å². The lowest BCUT2D eigenvalue weighted by Gasteiger charge is -2.19. The molecule has 1 aromatic rings. The fourth-order valence-electron chi connectivity index (χ4n) is 1.57. The van der Waals surface area contributed by atoms with Crippen LogP contribution in [0.5, 0.6) is 5.75 Å². The van der Waals surface area contributed by atoms with Gasteiger partial charge in [0.15, 0.2) is 0 Å². The molecule has 1 aromatic carbocycles. The average molecular weight is 225 g/mol. The van der Waals surface area contributed by atoms with Gasteiger partial charge in [0.25, 0.3) is 0 Å². The van der Waals surface area contributed by atoms with E-state index >= 15 is 0 Å². The van der Waals surface area contributed by atoms with Crippen molar-refractivity contribution >= 4 is 23.1 Å². The smallest absolute Gasteiger partial charge is 0.335 e. The minimum Gasteiger partial charge on any atom is -0.488 e. The van der Waals surface area contributed by atoms with Crippen LogP contribution < -0.4 is 4.74 Å². The molecule has 0 aromatic heterocycles. The second kappa shape index (κ2) is 3.59. The highest BCUT2D eigenvalue weighted by Gasteiger charge is 2.21. The second-order valence-electron chi connectivity index (χ2n) is 3.34. The highest BCUT2D eigenvalue weighted by atomic mass is 35.5. The summed E-state index contributed by atoms with van der Waals surface area (Å²) in [7, 11) is 0. The third-order valence-corrected chi connectivity index (χ3v) is 2.67. The fraction of sp³-hybridized carbons (Fsp3) is 0.182. The van der Waals surface area contributed by atoms with Gasteiger partial charge in [0.2, 0.25) is 0 Å². The van der Waals surface area contributed by atoms with Crippen LogP contribution in [0.25, 0.3) is 5.57 Å². The molecule has 4 heteroatoms. The zero-order chi connectivity index (χ0) is 11.0. The second-order valence-corrected chi connectivity index (χ2v) is 3.77. The lowest BCUT2D eigenvalue weighted by Crippen LogP contribution is -2.16. The molecule has 15 heavy (non-hydrogen) atoms. The molecule has 0 amide bonds. The maximum atomic E-state index is 10.9. The van der Waals surface area contributed by atoms with E-state index in [1.807, 2.05) is 0 Å². The summed E-state index contributed by atoms with van der Waals surface area (Å²) in [6.07, 6.45) is 0. The summed E-state index contributed by atoms with van der Waals surface area (Å²) >= 11 is 5.81. The number of rotatable bonds is 1. The van der Waals surface area contributed by atoms with E-state index < -0.39 is 5.97 Å². The first-order chi connectivity index (χ1) is 7.09. The molecule has 0 aliphatic carbocycles. The number of carbonyl (C=O) groups is 1. The van der Waals surface area contributed by atoms with E-state index in [1.54, 1.807) is 25.1 Å². The molecule has 0 spiro atoms. The Kier molecular flexibility index (Phi) is 2.40. The number of hydrogen-bond donors (Lipinski definition) is 1. The van der Waals surface area contributed by atoms with Crippen molar-refractivity contribution in [2.45, 2.75) is 6.92 Å². The number of carboxylic acid groups (broad SMARTS) is 1. The van der Waals surface area contributed by atoms with Crippen LogP contribution in [0.1, 0.15) is 12.5 Å². The number of halogens is 1. The van der Waals surface area contributed by atoms with E-state index in [-0.39, 0.29) is 6.61 Å². The van der Waals surface area contributed by atoms with Gasteiger partial charge < -0.3 is 9.84 Å². The van der Waals surface area contributed by atoms with Gasteiger partial charge in [-0.2, -0.15) is 0 Å². The molecular formula is C11H9ClO3. The van der Waals surface area contributed by atoms with Crippen molar-refractivity contribution in [3.8, 4) is 5.75 Å². The number of benzene rings is 1. The van der Waals surface area contributed by atoms with Crippen LogP contribution in [0.4, 0.5) is 0 Å². The summed E-state index contributed by atoms with van der Waals surface area (Å²) < 4.78 is 5.33. The Morgan fingerprint density at radius 3 is 2.93 bits per heavy atom. The van der Waals surface area contributed by atoms with Crippen molar-refractivity contribution in [3.63, 3.8) is 0 Å². The van der Waals surface area contributed by atoms with Crippen molar-refractivity contribution < 1.29 is 14.6 Å². The Hall–Kier alpha value is -1.48. The molecule has 78 valence electrons. The lowest BCUT2D eigenvalue weighted by atomic mass is 9.99. The lowest BCUT2D eigenvalue weighted by molar-refractivity contribution is -0.133. The summed E-state index contributed by atoms with van der Waals surface area (Å²) in [5.74, 6) is -0.293. The van der Waals surface area contributed by atoms with Gasteiger partial charge in [-0.05, 0) is 30.7 Å². The van der Waals surface area contributed by atoms with E-state index in [4.69, 9.17) is 21.4 Å². The Bertz CT molecular complexity index is 463. The molecule has 0 fully saturated rings. The topological polar surface area (TPSA) is 46.5 Å². The van der Waals surface area contributed by atoms with E-state index in [0.717, 1.165) is 11.1 Å². The third kappa shape index (κ3) is 1.70. The average Bonchev–Trinajstić information content (AvgIpc) is 2.17. The molecule has 0 saturated heterocycles. The summed E-state index contributed by atoms with van der Waals surface area (Å²) in [5.41, 5.74) is 1.83. The normalized spacial score (nSPS) is 14.5. The number of fused-ring (bicyclic) bond motifs is 1. The molecule has 1 N–H and O–H groups in total. The molecule has 1 aliphatic heterocycles. The maximum absolute atomic E-state index is 10.9. The molecule has 0 unspecified atom stereocenters. The van der Waals surface area contributed by atoms with Gasteiger partial charge in [0.05, 0.1) is 5.57 Å². The van der Waals surface area contributed by atoms with Crippen molar-refractivity contribution in [1.29, 1.82) is 0 Å². The van der Waals surface area contributed by atoms with Crippen LogP contribution in [0.2, 0.25) is 5.02 Å². The molecule has 0 atom stereocenters. The highest BCUT2D eigenvalue weighted by Crippen LogP contribution is 2.34. The standard InChI is InChI=1S/C11H9ClO3/c1-6-8-3-2-7(12)4-10(8)15-5-9(6)11(13)14/h2-4H,5H2,1H3,(H,13,14). The summed E-state index contributed by atoms with van der Waals surface area (Å²) in [4.78, 5) is 10.9. The monoisotopic (exact) mass is 224 g/mol. The van der Waals surface area contributed by atoms with Crippen LogP contribution >= 0.6 is 11.6 Å². The third-order valence-electron chi connectivity index (χ3n) is 2.43. The Balaban J connectivity index is 2.57. The van der Waals surface area contributed by atoms with E-state index in [0.29, 0.717) is 16.3 Å². The number of aliphatic carboxylic acids is 1. The van der Waals surface area contributed by atoms with Crippen molar-refractivity contribution in [2.24, 2.45) is 0 Å². The van der Waals surface area contributed by atoms with Crippen LogP contribution in [-0.2, 0) is 4.79 Å². The fourth-order valence-corrected chi connectivity index (χ4v) is 1.73. The summed E-state index contributed by atoms with van der Waals surface area (Å²) in [5, 5.41) is 9.51. The zero-order valence-corrected chi connectivity index (χ0v) is 8.84. The van der Waals surface area contributed by atoms with E-state index in [9.17, 15) is 4.79 Å². The van der Waals surface area contributed by atoms with Gasteiger partial charge in [-0.25, -0.2) is 4.79 Å². The Labute approximate surface area is 91.9 Å². The quantitative estimate of drug-likeness (QED) is 0.798. The van der Waals surface area contributed by atoms with Crippen LogP contribution in [-0.4, -0.2) is 17.7 Å². The molecule has 0 bridgehead atoms. The number of carboxylic acids is 1. The molecular weight excluding hydrogens is 216 g/mol. The van der Waals surface area contributed by atoms with E-state index in [2.05, 4.69) is 0 Å². The van der Waals surface area contributed by atoms with Gasteiger partial charge in [-0.3, -0.25) is 0 Å². The molecule has 1 heterocycles. The molecule has 2 rings (SSSR count). The van der Waals surface area contributed by atoms with Gasteiger partial charge in [-0.15, -0.1) is 0 Å². The van der Waals surface area contributed by atoms with Crippen LogP contribution in [0.3, 0.4) is 0 Å². The first kappa shape index (κ1) is 10.1. The van der Waals surface area contributed by atoms with Gasteiger partial charge >= 0.3 is 5.97 Å². The van der Waals surface area contributed by atoms with Crippen LogP contribution in [0.15, 0.2) is 23.8 Å². The highest BCUT2D eigenvalue weighted by molar-refractivity contribution is 6.30. The zero-order valence-electron chi connectivity index (χ0n) is 8.08. The predicted octanol–water partition coefficient (Wildman–Crippen LogP) is 2.59. The minimum absolute atomic E-state index is 0.0918. The first-order valence-electron chi connectivity index (χ1n) is 4.45. The van der Waals surface area contributed by atoms with E-state index in [1.165, 1.54) is 0 Å². The SMILES string of the molecule is CC1=C(C(=O)O)COc2cc(Cl)ccc21. The minimum atomic E-state index is -0.937. The Morgan fingerprint density at radius 1 is 1.53 bits per heavy atom. The number of hydrogen-bond acceptors (Lipinski definition) is 2. The number of allylic oxidation sites excluding steroid dienone is 1.